The Morgan fingerprint density at radius 3 is 2.62 bits per heavy atom. The average Bonchev–Trinajstić information content (AvgIpc) is 3.30. The third-order valence-electron chi connectivity index (χ3n) is 7.13. The van der Waals surface area contributed by atoms with E-state index in [-0.39, 0.29) is 18.7 Å². The van der Waals surface area contributed by atoms with Crippen LogP contribution in [-0.4, -0.2) is 65.2 Å². The number of nitrogens with one attached hydrogen (secondary N) is 1. The lowest BCUT2D eigenvalue weighted by molar-refractivity contribution is 0.0629. The van der Waals surface area contributed by atoms with Gasteiger partial charge in [0.15, 0.2) is 0 Å². The van der Waals surface area contributed by atoms with Gasteiger partial charge in [-0.25, -0.2) is 7.91 Å². The molecule has 9 heteroatoms. The maximum absolute atomic E-state index is 13.1. The third-order valence-corrected chi connectivity index (χ3v) is 8.96. The van der Waals surface area contributed by atoms with Crippen LogP contribution in [0.15, 0.2) is 42.5 Å². The van der Waals surface area contributed by atoms with Gasteiger partial charge in [-0.3, -0.25) is 4.90 Å². The predicted octanol–water partition coefficient (Wildman–Crippen LogP) is 7.55. The van der Waals surface area contributed by atoms with Gasteiger partial charge in [-0.15, -0.1) is 0 Å². The topological polar surface area (TPSA) is 67.0 Å². The number of amides is 1. The molecule has 0 spiro atoms. The SMILES string of the molecule is COCCOC(=O)N1CCc2c([nH]c3ccc(Cl)cc23)C1c1ccc(OCCCCCCN(I)C(C)C)cc1. The van der Waals surface area contributed by atoms with Gasteiger partial charge in [-0.05, 0) is 74.6 Å². The van der Waals surface area contributed by atoms with Crippen molar-refractivity contribution in [2.24, 2.45) is 0 Å². The van der Waals surface area contributed by atoms with E-state index >= 15 is 0 Å². The lowest BCUT2D eigenvalue weighted by atomic mass is 9.92. The molecule has 0 saturated heterocycles. The zero-order valence-corrected chi connectivity index (χ0v) is 26.0. The molecular formula is C30H39ClIN3O4. The molecule has 212 valence electrons. The summed E-state index contributed by atoms with van der Waals surface area (Å²) >= 11 is 8.72. The van der Waals surface area contributed by atoms with Crippen LogP contribution in [0.25, 0.3) is 10.9 Å². The number of aromatic nitrogens is 1. The van der Waals surface area contributed by atoms with Gasteiger partial charge in [-0.2, -0.15) is 0 Å². The number of hydrogen-bond donors (Lipinski definition) is 1. The van der Waals surface area contributed by atoms with Crippen molar-refractivity contribution >= 4 is 51.5 Å². The fourth-order valence-electron chi connectivity index (χ4n) is 5.01. The fourth-order valence-corrected chi connectivity index (χ4v) is 5.53. The van der Waals surface area contributed by atoms with Crippen LogP contribution in [0, 0.1) is 0 Å². The van der Waals surface area contributed by atoms with E-state index in [0.717, 1.165) is 53.7 Å². The largest absolute Gasteiger partial charge is 0.494 e. The van der Waals surface area contributed by atoms with Gasteiger partial charge in [0, 0.05) is 70.7 Å². The number of carbonyl (C=O) groups excluding carboxylic acids is 1. The number of unbranched alkanes of at least 4 members (excludes halogenated alkanes) is 3. The number of rotatable bonds is 13. The van der Waals surface area contributed by atoms with Gasteiger partial charge in [0.25, 0.3) is 0 Å². The summed E-state index contributed by atoms with van der Waals surface area (Å²) in [6.07, 6.45) is 5.00. The molecule has 0 bridgehead atoms. The van der Waals surface area contributed by atoms with Crippen LogP contribution in [0.3, 0.4) is 0 Å². The molecule has 0 saturated carbocycles. The smallest absolute Gasteiger partial charge is 0.410 e. The monoisotopic (exact) mass is 667 g/mol. The van der Waals surface area contributed by atoms with E-state index < -0.39 is 0 Å². The van der Waals surface area contributed by atoms with Crippen molar-refractivity contribution in [1.29, 1.82) is 0 Å². The molecular weight excluding hydrogens is 629 g/mol. The molecule has 1 unspecified atom stereocenters. The molecule has 7 nitrogen and oxygen atoms in total. The normalized spacial score (nSPS) is 15.3. The fraction of sp³-hybridized carbons (Fsp3) is 0.500. The van der Waals surface area contributed by atoms with Gasteiger partial charge in [0.05, 0.1) is 13.2 Å². The number of H-pyrrole nitrogens is 1. The Labute approximate surface area is 250 Å². The maximum Gasteiger partial charge on any atom is 0.410 e. The molecule has 0 aliphatic carbocycles. The molecule has 1 atom stereocenters. The lowest BCUT2D eigenvalue weighted by Gasteiger charge is -2.35. The highest BCUT2D eigenvalue weighted by molar-refractivity contribution is 14.1. The van der Waals surface area contributed by atoms with Crippen LogP contribution in [0.1, 0.15) is 62.4 Å². The van der Waals surface area contributed by atoms with Gasteiger partial charge < -0.3 is 19.2 Å². The summed E-state index contributed by atoms with van der Waals surface area (Å²) in [5.41, 5.74) is 4.20. The van der Waals surface area contributed by atoms with Crippen molar-refractivity contribution in [3.8, 4) is 5.75 Å². The minimum Gasteiger partial charge on any atom is -0.494 e. The molecule has 1 amide bonds. The summed E-state index contributed by atoms with van der Waals surface area (Å²) in [5, 5.41) is 1.80. The minimum atomic E-state index is -0.348. The lowest BCUT2D eigenvalue weighted by Crippen LogP contribution is -2.41. The van der Waals surface area contributed by atoms with Gasteiger partial charge in [0.1, 0.15) is 18.4 Å². The third kappa shape index (κ3) is 7.80. The second-order valence-electron chi connectivity index (χ2n) is 10.2. The van der Waals surface area contributed by atoms with E-state index in [2.05, 4.69) is 44.8 Å². The average molecular weight is 668 g/mol. The van der Waals surface area contributed by atoms with Crippen molar-refractivity contribution in [2.45, 2.75) is 58.0 Å². The molecule has 1 aliphatic rings. The van der Waals surface area contributed by atoms with Crippen molar-refractivity contribution in [1.82, 2.24) is 13.0 Å². The van der Waals surface area contributed by atoms with Crippen molar-refractivity contribution in [2.75, 3.05) is 40.0 Å². The van der Waals surface area contributed by atoms with Crippen LogP contribution >= 0.6 is 34.5 Å². The number of fused-ring (bicyclic) bond motifs is 3. The van der Waals surface area contributed by atoms with E-state index in [1.807, 2.05) is 42.5 Å². The second-order valence-corrected chi connectivity index (χ2v) is 11.9. The highest BCUT2D eigenvalue weighted by atomic mass is 127. The molecule has 0 radical (unpaired) electrons. The van der Waals surface area contributed by atoms with Gasteiger partial charge in [0.2, 0.25) is 0 Å². The van der Waals surface area contributed by atoms with Crippen LogP contribution in [0.4, 0.5) is 4.79 Å². The predicted molar refractivity (Wildman–Crippen MR) is 165 cm³/mol. The molecule has 1 aromatic heterocycles. The van der Waals surface area contributed by atoms with E-state index in [1.165, 1.54) is 18.4 Å². The first-order valence-corrected chi connectivity index (χ1v) is 15.1. The van der Waals surface area contributed by atoms with Crippen LogP contribution in [0.2, 0.25) is 5.02 Å². The highest BCUT2D eigenvalue weighted by Crippen LogP contribution is 2.39. The highest BCUT2D eigenvalue weighted by Gasteiger charge is 2.35. The Morgan fingerprint density at radius 1 is 1.10 bits per heavy atom. The zero-order valence-electron chi connectivity index (χ0n) is 23.1. The number of nitrogens with zero attached hydrogens (tertiary/aromatic N) is 2. The van der Waals surface area contributed by atoms with Crippen molar-refractivity contribution in [3.63, 3.8) is 0 Å². The summed E-state index contributed by atoms with van der Waals surface area (Å²) in [4.78, 5) is 18.5. The van der Waals surface area contributed by atoms with Gasteiger partial charge >= 0.3 is 6.09 Å². The summed E-state index contributed by atoms with van der Waals surface area (Å²) in [6.45, 7) is 7.40. The number of ether oxygens (including phenoxy) is 3. The quantitative estimate of drug-likeness (QED) is 0.116. The molecule has 2 aromatic carbocycles. The maximum atomic E-state index is 13.1. The van der Waals surface area contributed by atoms with E-state index in [0.29, 0.717) is 30.8 Å². The first-order valence-electron chi connectivity index (χ1n) is 13.8. The molecule has 2 heterocycles. The Hall–Kier alpha value is -2.01. The number of benzene rings is 2. The minimum absolute atomic E-state index is 0.217. The summed E-state index contributed by atoms with van der Waals surface area (Å²) in [6, 6.07) is 14.2. The summed E-state index contributed by atoms with van der Waals surface area (Å²) in [5.74, 6) is 0.839. The number of aromatic amines is 1. The summed E-state index contributed by atoms with van der Waals surface area (Å²) in [7, 11) is 1.59. The number of carbonyl (C=O) groups is 1. The number of halogens is 2. The second kappa shape index (κ2) is 14.6. The van der Waals surface area contributed by atoms with Gasteiger partial charge in [-0.1, -0.05) is 36.6 Å². The Morgan fingerprint density at radius 2 is 1.87 bits per heavy atom. The first kappa shape index (κ1) is 30.0. The Bertz CT molecular complexity index is 1220. The van der Waals surface area contributed by atoms with Crippen LogP contribution < -0.4 is 4.74 Å². The first-order chi connectivity index (χ1) is 18.9. The van der Waals surface area contributed by atoms with E-state index in [1.54, 1.807) is 12.0 Å². The molecule has 39 heavy (non-hydrogen) atoms. The summed E-state index contributed by atoms with van der Waals surface area (Å²) < 4.78 is 19.0. The van der Waals surface area contributed by atoms with E-state index in [9.17, 15) is 4.79 Å². The molecule has 4 rings (SSSR count). The van der Waals surface area contributed by atoms with E-state index in [4.69, 9.17) is 25.8 Å². The van der Waals surface area contributed by atoms with Crippen molar-refractivity contribution in [3.05, 3.63) is 64.3 Å². The molecule has 0 fully saturated rings. The standard InChI is InChI=1S/C30H39ClIN3O4/c1-21(2)35(32)15-6-4-5-7-17-38-24-11-8-22(9-12-24)29-28-25(26-20-23(31)10-13-27(26)33-28)14-16-34(29)30(36)39-19-18-37-3/h8-13,20-21,29,33H,4-7,14-19H2,1-3H3. The molecule has 1 aliphatic heterocycles. The number of hydrogen-bond acceptors (Lipinski definition) is 5. The van der Waals surface area contributed by atoms with Crippen molar-refractivity contribution < 1.29 is 19.0 Å². The Kier molecular flexibility index (Phi) is 11.2. The Balaban J connectivity index is 1.43. The molecule has 1 N–H and O–H groups in total. The molecule has 3 aromatic rings. The van der Waals surface area contributed by atoms with Crippen LogP contribution in [0.5, 0.6) is 5.75 Å². The van der Waals surface area contributed by atoms with Crippen LogP contribution in [-0.2, 0) is 15.9 Å². The number of methoxy groups -OCH3 is 1. The zero-order chi connectivity index (χ0) is 27.8.